The molecule has 0 spiro atoms. The largest absolute Gasteiger partial charge is 0.379 e. The van der Waals surface area contributed by atoms with Gasteiger partial charge in [0, 0.05) is 29.2 Å². The van der Waals surface area contributed by atoms with Crippen LogP contribution in [0.5, 0.6) is 0 Å². The number of anilines is 1. The molecular weight excluding hydrogens is 408 g/mol. The van der Waals surface area contributed by atoms with Gasteiger partial charge in [-0.1, -0.05) is 35.9 Å². The van der Waals surface area contributed by atoms with E-state index in [1.807, 2.05) is 18.2 Å². The smallest absolute Gasteiger partial charge is 0.216 e. The number of aromatic nitrogens is 1. The molecule has 0 atom stereocenters. The maximum Gasteiger partial charge on any atom is 0.216 e. The van der Waals surface area contributed by atoms with Crippen molar-refractivity contribution >= 4 is 38.2 Å². The predicted octanol–water partition coefficient (Wildman–Crippen LogP) is 4.20. The zero-order valence-electron chi connectivity index (χ0n) is 16.1. The first-order chi connectivity index (χ1) is 13.8. The number of nitrogens with one attached hydrogen (secondary N) is 2. The monoisotopic (exact) mass is 428 g/mol. The Morgan fingerprint density at radius 1 is 1.17 bits per heavy atom. The van der Waals surface area contributed by atoms with Gasteiger partial charge in [-0.25, -0.2) is 13.1 Å². The Bertz CT molecular complexity index is 1190. The first-order valence-electron chi connectivity index (χ1n) is 9.08. The predicted molar refractivity (Wildman–Crippen MR) is 116 cm³/mol. The number of hydrogen-bond donors (Lipinski definition) is 2. The van der Waals surface area contributed by atoms with Gasteiger partial charge >= 0.3 is 0 Å². The molecule has 29 heavy (non-hydrogen) atoms. The van der Waals surface area contributed by atoms with E-state index in [1.165, 1.54) is 6.20 Å². The number of benzene rings is 2. The van der Waals surface area contributed by atoms with E-state index < -0.39 is 10.0 Å². The third kappa shape index (κ3) is 5.24. The van der Waals surface area contributed by atoms with Crippen LogP contribution in [0, 0.1) is 11.3 Å². The molecule has 0 saturated carbocycles. The van der Waals surface area contributed by atoms with E-state index >= 15 is 0 Å². The summed E-state index contributed by atoms with van der Waals surface area (Å²) in [6.07, 6.45) is 1.52. The molecule has 0 aliphatic heterocycles. The van der Waals surface area contributed by atoms with Crippen molar-refractivity contribution in [1.82, 2.24) is 9.71 Å². The van der Waals surface area contributed by atoms with E-state index in [0.717, 1.165) is 10.9 Å². The van der Waals surface area contributed by atoms with E-state index in [2.05, 4.69) is 21.1 Å². The second kappa shape index (κ2) is 8.78. The van der Waals surface area contributed by atoms with Crippen LogP contribution >= 0.6 is 11.6 Å². The zero-order valence-corrected chi connectivity index (χ0v) is 17.7. The third-order valence-electron chi connectivity index (χ3n) is 4.29. The zero-order chi connectivity index (χ0) is 21.0. The van der Waals surface area contributed by atoms with Gasteiger partial charge < -0.3 is 5.32 Å². The number of pyridine rings is 1. The Labute approximate surface area is 175 Å². The van der Waals surface area contributed by atoms with Gasteiger partial charge in [0.05, 0.1) is 22.5 Å². The van der Waals surface area contributed by atoms with Gasteiger partial charge in [-0.2, -0.15) is 5.26 Å². The van der Waals surface area contributed by atoms with Crippen LogP contribution in [-0.2, 0) is 22.3 Å². The van der Waals surface area contributed by atoms with E-state index in [-0.39, 0.29) is 11.8 Å². The molecule has 0 aliphatic rings. The van der Waals surface area contributed by atoms with E-state index in [1.54, 1.807) is 38.1 Å². The van der Waals surface area contributed by atoms with Crippen molar-refractivity contribution < 1.29 is 8.42 Å². The van der Waals surface area contributed by atoms with Gasteiger partial charge in [-0.05, 0) is 43.2 Å². The van der Waals surface area contributed by atoms with Crippen molar-refractivity contribution in [2.45, 2.75) is 32.2 Å². The number of sulfonamides is 1. The van der Waals surface area contributed by atoms with Crippen molar-refractivity contribution in [2.75, 3.05) is 5.32 Å². The molecule has 0 amide bonds. The minimum absolute atomic E-state index is 0.114. The highest BCUT2D eigenvalue weighted by Gasteiger charge is 2.16. The molecule has 8 heteroatoms. The number of fused-ring (bicyclic) bond motifs is 1. The van der Waals surface area contributed by atoms with E-state index in [4.69, 9.17) is 11.6 Å². The fourth-order valence-corrected chi connectivity index (χ4v) is 4.76. The molecule has 2 N–H and O–H groups in total. The van der Waals surface area contributed by atoms with Crippen LogP contribution in [0.2, 0.25) is 5.02 Å². The van der Waals surface area contributed by atoms with E-state index in [0.29, 0.717) is 33.9 Å². The van der Waals surface area contributed by atoms with Crippen LogP contribution in [0.4, 0.5) is 5.69 Å². The molecule has 0 unspecified atom stereocenters. The molecular formula is C21H21ClN4O2S. The summed E-state index contributed by atoms with van der Waals surface area (Å²) in [6, 6.07) is 14.6. The number of nitriles is 1. The van der Waals surface area contributed by atoms with Crippen LogP contribution in [-0.4, -0.2) is 19.4 Å². The normalized spacial score (nSPS) is 11.6. The number of halogens is 1. The van der Waals surface area contributed by atoms with Crippen molar-refractivity contribution in [1.29, 1.82) is 5.26 Å². The number of hydrogen-bond acceptors (Lipinski definition) is 5. The van der Waals surface area contributed by atoms with Crippen LogP contribution in [0.3, 0.4) is 0 Å². The summed E-state index contributed by atoms with van der Waals surface area (Å²) in [5.74, 6) is -0.114. The molecule has 1 heterocycles. The molecule has 0 bridgehead atoms. The van der Waals surface area contributed by atoms with Gasteiger partial charge in [0.25, 0.3) is 0 Å². The lowest BCUT2D eigenvalue weighted by atomic mass is 10.1. The first-order valence-corrected chi connectivity index (χ1v) is 11.1. The second-order valence-corrected chi connectivity index (χ2v) is 9.16. The molecule has 6 nitrogen and oxygen atoms in total. The Morgan fingerprint density at radius 2 is 1.90 bits per heavy atom. The SMILES string of the molecule is CC(C)NS(=O)(=O)Cc1ccccc1CNc1c(C#N)cnc2ccc(Cl)cc12. The standard InChI is InChI=1S/C21H21ClN4O2S/c1-14(2)26-29(27,28)13-16-6-4-3-5-15(16)11-25-21-17(10-23)12-24-20-8-7-18(22)9-19(20)21/h3-9,12,14,26H,11,13H2,1-2H3,(H,24,25). The maximum absolute atomic E-state index is 12.4. The molecule has 0 saturated heterocycles. The van der Waals surface area contributed by atoms with Crippen molar-refractivity contribution in [3.63, 3.8) is 0 Å². The molecule has 0 radical (unpaired) electrons. The van der Waals surface area contributed by atoms with Gasteiger partial charge in [-0.3, -0.25) is 4.98 Å². The fraction of sp³-hybridized carbons (Fsp3) is 0.238. The van der Waals surface area contributed by atoms with Gasteiger partial charge in [0.15, 0.2) is 0 Å². The molecule has 150 valence electrons. The maximum atomic E-state index is 12.4. The molecule has 1 aromatic heterocycles. The molecule has 0 fully saturated rings. The fourth-order valence-electron chi connectivity index (χ4n) is 3.10. The minimum atomic E-state index is -3.45. The summed E-state index contributed by atoms with van der Waals surface area (Å²) in [6.45, 7) is 3.93. The second-order valence-electron chi connectivity index (χ2n) is 6.97. The molecule has 3 aromatic rings. The van der Waals surface area contributed by atoms with Crippen LogP contribution in [0.15, 0.2) is 48.7 Å². The van der Waals surface area contributed by atoms with Gasteiger partial charge in [-0.15, -0.1) is 0 Å². The molecule has 0 aliphatic carbocycles. The summed E-state index contributed by atoms with van der Waals surface area (Å²) in [5.41, 5.74) is 3.26. The molecule has 3 rings (SSSR count). The Hall–Kier alpha value is -2.66. The lowest BCUT2D eigenvalue weighted by Gasteiger charge is -2.15. The van der Waals surface area contributed by atoms with Gasteiger partial charge in [0.1, 0.15) is 6.07 Å². The quantitative estimate of drug-likeness (QED) is 0.588. The topological polar surface area (TPSA) is 94.9 Å². The highest BCUT2D eigenvalue weighted by atomic mass is 35.5. The highest BCUT2D eigenvalue weighted by Crippen LogP contribution is 2.29. The summed E-state index contributed by atoms with van der Waals surface area (Å²) >= 11 is 6.13. The lowest BCUT2D eigenvalue weighted by Crippen LogP contribution is -2.31. The van der Waals surface area contributed by atoms with Crippen LogP contribution in [0.1, 0.15) is 30.5 Å². The first kappa shape index (κ1) is 21.1. The highest BCUT2D eigenvalue weighted by molar-refractivity contribution is 7.88. The van der Waals surface area contributed by atoms with Crippen LogP contribution in [0.25, 0.3) is 10.9 Å². The van der Waals surface area contributed by atoms with Crippen molar-refractivity contribution in [3.8, 4) is 6.07 Å². The van der Waals surface area contributed by atoms with Crippen molar-refractivity contribution in [2.24, 2.45) is 0 Å². The summed E-state index contributed by atoms with van der Waals surface area (Å²) in [7, 11) is -3.45. The molecule has 2 aromatic carbocycles. The Morgan fingerprint density at radius 3 is 2.59 bits per heavy atom. The summed E-state index contributed by atoms with van der Waals surface area (Å²) in [4.78, 5) is 4.29. The van der Waals surface area contributed by atoms with E-state index in [9.17, 15) is 13.7 Å². The lowest BCUT2D eigenvalue weighted by molar-refractivity contribution is 0.569. The number of rotatable bonds is 7. The minimum Gasteiger partial charge on any atom is -0.379 e. The van der Waals surface area contributed by atoms with Gasteiger partial charge in [0.2, 0.25) is 10.0 Å². The average molecular weight is 429 g/mol. The summed E-state index contributed by atoms with van der Waals surface area (Å²) in [5, 5.41) is 14.1. The average Bonchev–Trinajstić information content (AvgIpc) is 2.65. The van der Waals surface area contributed by atoms with Crippen molar-refractivity contribution in [3.05, 3.63) is 70.4 Å². The Kier molecular flexibility index (Phi) is 6.38. The Balaban J connectivity index is 1.92. The van der Waals surface area contributed by atoms with Crippen LogP contribution < -0.4 is 10.0 Å². The number of nitrogens with zero attached hydrogens (tertiary/aromatic N) is 2. The third-order valence-corrected chi connectivity index (χ3v) is 6.04. The summed E-state index contributed by atoms with van der Waals surface area (Å²) < 4.78 is 27.3.